The second-order valence-electron chi connectivity index (χ2n) is 16.7. The quantitative estimate of drug-likeness (QED) is 0.151. The Morgan fingerprint density at radius 1 is 0.500 bits per heavy atom. The standard InChI is InChI=1S/C11H10N2O.C10H9F2NO.C10H9F2NS.C10H10FNO.C9H10N2O.CH4/c1-7(2)11-13-10-8(6-12)4-3-5-9(10)14-11;1-5(2)10-13-9-7(12)3-6(11)4-8(9)14-10;1-5(2)10-13-8-4-6(11)3-7(12)9(8)14-10;1-6(2)10-12-9-7(11)4-3-5-8(9)13-10;1-6(2)9-11-8-7(12-9)4-3-5-10-8;/h3-5,7H,1-2H3;2*3-5H,1-2H3;3-6H,1-2H3;3-6H,1-2H3;1H4. The molecule has 6 heterocycles. The number of para-hydroxylation sites is 2. The molecule has 0 saturated heterocycles. The van der Waals surface area contributed by atoms with E-state index in [1.165, 1.54) is 23.5 Å². The molecule has 0 spiro atoms. The maximum absolute atomic E-state index is 13.3. The minimum Gasteiger partial charge on any atom is -0.440 e. The molecule has 11 nitrogen and oxygen atoms in total. The first-order valence-corrected chi connectivity index (χ1v) is 22.2. The van der Waals surface area contributed by atoms with E-state index in [-0.39, 0.29) is 48.0 Å². The Morgan fingerprint density at radius 2 is 0.985 bits per heavy atom. The first-order valence-electron chi connectivity index (χ1n) is 21.4. The summed E-state index contributed by atoms with van der Waals surface area (Å²) in [7, 11) is 0. The van der Waals surface area contributed by atoms with Gasteiger partial charge in [-0.05, 0) is 36.4 Å². The van der Waals surface area contributed by atoms with Gasteiger partial charge in [-0.3, -0.25) is 0 Å². The van der Waals surface area contributed by atoms with Crippen molar-refractivity contribution < 1.29 is 39.6 Å². The molecule has 0 atom stereocenters. The van der Waals surface area contributed by atoms with E-state index in [0.717, 1.165) is 34.7 Å². The average Bonchev–Trinajstić information content (AvgIpc) is 4.13. The summed E-state index contributed by atoms with van der Waals surface area (Å²) in [6.45, 7) is 19.7. The van der Waals surface area contributed by atoms with Crippen molar-refractivity contribution in [3.05, 3.63) is 142 Å². The molecular weight excluding hydrogens is 902 g/mol. The number of fused-ring (bicyclic) bond motifs is 5. The van der Waals surface area contributed by atoms with Gasteiger partial charge in [0.25, 0.3) is 0 Å². The second-order valence-corrected chi connectivity index (χ2v) is 17.7. The number of aromatic nitrogens is 6. The van der Waals surface area contributed by atoms with Crippen LogP contribution in [-0.4, -0.2) is 29.9 Å². The van der Waals surface area contributed by atoms with Gasteiger partial charge in [0.15, 0.2) is 63.2 Å². The number of oxazole rings is 4. The average molecular weight is 954 g/mol. The maximum Gasteiger partial charge on any atom is 0.199 e. The van der Waals surface area contributed by atoms with Gasteiger partial charge < -0.3 is 17.7 Å². The van der Waals surface area contributed by atoms with Crippen molar-refractivity contribution in [3.63, 3.8) is 0 Å². The lowest BCUT2D eigenvalue weighted by atomic mass is 10.2. The molecule has 0 aliphatic rings. The number of nitrogens with zero attached hydrogens (tertiary/aromatic N) is 7. The number of thiazole rings is 1. The molecule has 6 aromatic heterocycles. The van der Waals surface area contributed by atoms with E-state index in [0.29, 0.717) is 67.2 Å². The fraction of sp³-hybridized carbons (Fsp3) is 0.314. The highest BCUT2D eigenvalue weighted by molar-refractivity contribution is 7.18. The molecule has 10 rings (SSSR count). The summed E-state index contributed by atoms with van der Waals surface area (Å²) in [5.74, 6) is 0.737. The van der Waals surface area contributed by atoms with Gasteiger partial charge in [0.05, 0.1) is 20.8 Å². The molecule has 0 radical (unpaired) electrons. The number of nitriles is 1. The molecule has 10 aromatic rings. The molecule has 68 heavy (non-hydrogen) atoms. The van der Waals surface area contributed by atoms with Crippen LogP contribution in [0.2, 0.25) is 0 Å². The highest BCUT2D eigenvalue weighted by Gasteiger charge is 2.16. The molecule has 0 amide bonds. The highest BCUT2D eigenvalue weighted by atomic mass is 32.1. The van der Waals surface area contributed by atoms with Crippen LogP contribution in [0.1, 0.15) is 140 Å². The third-order valence-corrected chi connectivity index (χ3v) is 10.8. The Labute approximate surface area is 394 Å². The van der Waals surface area contributed by atoms with Crippen molar-refractivity contribution in [2.75, 3.05) is 0 Å². The minimum absolute atomic E-state index is 0. The second kappa shape index (κ2) is 22.6. The molecule has 4 aromatic carbocycles. The smallest absolute Gasteiger partial charge is 0.199 e. The minimum atomic E-state index is -0.685. The summed E-state index contributed by atoms with van der Waals surface area (Å²) in [5.41, 5.74) is 4.89. The van der Waals surface area contributed by atoms with Crippen LogP contribution in [0.5, 0.6) is 0 Å². The summed E-state index contributed by atoms with van der Waals surface area (Å²) in [5, 5.41) is 9.69. The monoisotopic (exact) mass is 953 g/mol. The van der Waals surface area contributed by atoms with E-state index in [1.807, 2.05) is 87.4 Å². The molecule has 0 fully saturated rings. The zero-order valence-electron chi connectivity index (χ0n) is 38.5. The van der Waals surface area contributed by atoms with E-state index < -0.39 is 23.3 Å². The number of hydrogen-bond acceptors (Lipinski definition) is 12. The van der Waals surface area contributed by atoms with E-state index in [2.05, 4.69) is 36.0 Å². The van der Waals surface area contributed by atoms with Crippen molar-refractivity contribution in [2.24, 2.45) is 0 Å². The third kappa shape index (κ3) is 12.5. The highest BCUT2D eigenvalue weighted by Crippen LogP contribution is 2.30. The van der Waals surface area contributed by atoms with Crippen molar-refractivity contribution in [3.8, 4) is 6.07 Å². The van der Waals surface area contributed by atoms with Crippen molar-refractivity contribution in [1.29, 1.82) is 5.26 Å². The third-order valence-electron chi connectivity index (χ3n) is 9.45. The molecule has 0 saturated carbocycles. The van der Waals surface area contributed by atoms with Crippen molar-refractivity contribution >= 4 is 66.1 Å². The van der Waals surface area contributed by atoms with Crippen LogP contribution in [0.15, 0.2) is 96.7 Å². The molecule has 356 valence electrons. The lowest BCUT2D eigenvalue weighted by Crippen LogP contribution is -1.86. The van der Waals surface area contributed by atoms with E-state index in [9.17, 15) is 22.0 Å². The van der Waals surface area contributed by atoms with Gasteiger partial charge in [-0.15, -0.1) is 11.3 Å². The predicted molar refractivity (Wildman–Crippen MR) is 255 cm³/mol. The maximum atomic E-state index is 13.3. The van der Waals surface area contributed by atoms with Crippen LogP contribution < -0.4 is 0 Å². The van der Waals surface area contributed by atoms with E-state index in [4.69, 9.17) is 22.9 Å². The lowest BCUT2D eigenvalue weighted by molar-refractivity contribution is 0.499. The first kappa shape index (κ1) is 51.9. The predicted octanol–water partition coefficient (Wildman–Crippen LogP) is 15.8. The zero-order valence-corrected chi connectivity index (χ0v) is 39.3. The Hall–Kier alpha value is -7.06. The van der Waals surface area contributed by atoms with Crippen LogP contribution in [0.4, 0.5) is 22.0 Å². The van der Waals surface area contributed by atoms with Gasteiger partial charge in [0.2, 0.25) is 0 Å². The lowest BCUT2D eigenvalue weighted by Gasteiger charge is -1.94. The van der Waals surface area contributed by atoms with Crippen LogP contribution >= 0.6 is 11.3 Å². The van der Waals surface area contributed by atoms with Crippen LogP contribution in [0, 0.1) is 40.4 Å². The molecular formula is C51H52F5N7O4S. The Bertz CT molecular complexity index is 3180. The molecule has 17 heteroatoms. The fourth-order valence-corrected chi connectivity index (χ4v) is 6.91. The number of benzene rings is 4. The molecule has 0 aliphatic carbocycles. The van der Waals surface area contributed by atoms with E-state index >= 15 is 0 Å². The van der Waals surface area contributed by atoms with Crippen molar-refractivity contribution in [2.45, 2.75) is 106 Å². The Morgan fingerprint density at radius 3 is 1.54 bits per heavy atom. The Balaban J connectivity index is 0.000000158. The number of rotatable bonds is 5. The summed E-state index contributed by atoms with van der Waals surface area (Å²) >= 11 is 1.29. The molecule has 0 bridgehead atoms. The number of halogens is 5. The van der Waals surface area contributed by atoms with Gasteiger partial charge in [-0.2, -0.15) is 10.2 Å². The number of hydrogen-bond donors (Lipinski definition) is 0. The first-order chi connectivity index (χ1) is 31.8. The SMILES string of the molecule is C.CC(C)c1nc2c(C#N)cccc2o1.CC(C)c1nc2c(F)cc(F)cc2o1.CC(C)c1nc2c(F)cccc2o1.CC(C)c1nc2cc(F)cc(F)c2s1.CC(C)c1nc2ncccc2o1. The fourth-order valence-electron chi connectivity index (χ4n) is 5.96. The molecule has 0 aliphatic heterocycles. The molecule has 0 unspecified atom stereocenters. The van der Waals surface area contributed by atoms with E-state index in [1.54, 1.807) is 30.5 Å². The number of pyridine rings is 1. The normalized spacial score (nSPS) is 11.1. The van der Waals surface area contributed by atoms with Crippen LogP contribution in [-0.2, 0) is 0 Å². The summed E-state index contributed by atoms with van der Waals surface area (Å²) in [4.78, 5) is 24.8. The summed E-state index contributed by atoms with van der Waals surface area (Å²) < 4.78 is 87.1. The summed E-state index contributed by atoms with van der Waals surface area (Å²) in [6, 6.07) is 20.0. The van der Waals surface area contributed by atoms with Gasteiger partial charge in [0, 0.05) is 60.1 Å². The van der Waals surface area contributed by atoms with Gasteiger partial charge >= 0.3 is 0 Å². The van der Waals surface area contributed by atoms with Crippen LogP contribution in [0.25, 0.3) is 54.7 Å². The zero-order chi connectivity index (χ0) is 48.7. The van der Waals surface area contributed by atoms with Gasteiger partial charge in [0.1, 0.15) is 40.1 Å². The topological polar surface area (TPSA) is 154 Å². The van der Waals surface area contributed by atoms with Gasteiger partial charge in [-0.1, -0.05) is 88.8 Å². The summed E-state index contributed by atoms with van der Waals surface area (Å²) in [6.07, 6.45) is 1.72. The van der Waals surface area contributed by atoms with Gasteiger partial charge in [-0.25, -0.2) is 46.9 Å². The van der Waals surface area contributed by atoms with Crippen molar-refractivity contribution in [1.82, 2.24) is 29.9 Å². The Kier molecular flexibility index (Phi) is 17.3. The molecule has 0 N–H and O–H groups in total. The van der Waals surface area contributed by atoms with Crippen LogP contribution in [0.3, 0.4) is 0 Å². The largest absolute Gasteiger partial charge is 0.440 e.